The number of thioether (sulfide) groups is 1. The summed E-state index contributed by atoms with van der Waals surface area (Å²) in [5.74, 6) is 0.794. The molecule has 0 unspecified atom stereocenters. The number of anilines is 2. The molecule has 0 bridgehead atoms. The molecule has 4 aromatic rings. The quantitative estimate of drug-likeness (QED) is 0.210. The van der Waals surface area contributed by atoms with Crippen molar-refractivity contribution in [1.82, 2.24) is 19.7 Å². The minimum absolute atomic E-state index is 0.0193. The fraction of sp³-hybridized carbons (Fsp3) is 0.192. The van der Waals surface area contributed by atoms with Crippen LogP contribution in [0, 0.1) is 6.92 Å². The summed E-state index contributed by atoms with van der Waals surface area (Å²) in [5, 5.41) is 15.1. The van der Waals surface area contributed by atoms with E-state index in [1.54, 1.807) is 42.0 Å². The van der Waals surface area contributed by atoms with Gasteiger partial charge < -0.3 is 19.9 Å². The van der Waals surface area contributed by atoms with Gasteiger partial charge in [0.2, 0.25) is 11.8 Å². The first-order valence-electron chi connectivity index (χ1n) is 11.4. The van der Waals surface area contributed by atoms with E-state index in [-0.39, 0.29) is 24.0 Å². The van der Waals surface area contributed by atoms with E-state index in [0.29, 0.717) is 34.1 Å². The maximum absolute atomic E-state index is 12.6. The average Bonchev–Trinajstić information content (AvgIpc) is 3.45. The fourth-order valence-electron chi connectivity index (χ4n) is 3.52. The lowest BCUT2D eigenvalue weighted by Crippen LogP contribution is -2.18. The van der Waals surface area contributed by atoms with E-state index in [4.69, 9.17) is 4.74 Å². The number of ether oxygens (including phenoxy) is 1. The van der Waals surface area contributed by atoms with Crippen LogP contribution >= 0.6 is 23.1 Å². The number of hydrogen-bond acceptors (Lipinski definition) is 8. The first kappa shape index (κ1) is 26.1. The van der Waals surface area contributed by atoms with Crippen molar-refractivity contribution in [2.45, 2.75) is 25.0 Å². The minimum Gasteiger partial charge on any atom is -0.497 e. The predicted molar refractivity (Wildman–Crippen MR) is 147 cm³/mol. The van der Waals surface area contributed by atoms with Crippen molar-refractivity contribution < 1.29 is 14.3 Å². The lowest BCUT2D eigenvalue weighted by molar-refractivity contribution is -0.116. The van der Waals surface area contributed by atoms with E-state index in [1.807, 2.05) is 37.3 Å². The van der Waals surface area contributed by atoms with Gasteiger partial charge in [0, 0.05) is 28.7 Å². The van der Waals surface area contributed by atoms with Gasteiger partial charge in [0.25, 0.3) is 0 Å². The van der Waals surface area contributed by atoms with Crippen molar-refractivity contribution in [3.63, 3.8) is 0 Å². The van der Waals surface area contributed by atoms with Crippen molar-refractivity contribution in [2.75, 3.05) is 23.5 Å². The van der Waals surface area contributed by atoms with Crippen LogP contribution in [0.4, 0.5) is 10.8 Å². The van der Waals surface area contributed by atoms with E-state index in [2.05, 4.69) is 32.4 Å². The average molecular weight is 535 g/mol. The summed E-state index contributed by atoms with van der Waals surface area (Å²) in [6.45, 7) is 6.17. The van der Waals surface area contributed by atoms with Crippen LogP contribution in [0.3, 0.4) is 0 Å². The normalized spacial score (nSPS) is 10.6. The monoisotopic (exact) mass is 534 g/mol. The Bertz CT molecular complexity index is 1400. The number of carbonyl (C=O) groups excluding carboxylic acids is 2. The number of nitrogens with one attached hydrogen (secondary N) is 2. The summed E-state index contributed by atoms with van der Waals surface area (Å²) < 4.78 is 6.97. The number of amides is 2. The first-order chi connectivity index (χ1) is 18.0. The van der Waals surface area contributed by atoms with Crippen molar-refractivity contribution in [3.8, 4) is 17.0 Å². The summed E-state index contributed by atoms with van der Waals surface area (Å²) in [6, 6.07) is 17.0. The molecule has 37 heavy (non-hydrogen) atoms. The van der Waals surface area contributed by atoms with Gasteiger partial charge in [-0.25, -0.2) is 4.98 Å². The summed E-state index contributed by atoms with van der Waals surface area (Å²) in [5.41, 5.74) is 2.49. The number of aromatic nitrogens is 4. The van der Waals surface area contributed by atoms with Gasteiger partial charge in [0.1, 0.15) is 11.6 Å². The molecule has 0 aliphatic carbocycles. The predicted octanol–water partition coefficient (Wildman–Crippen LogP) is 4.82. The molecule has 2 amide bonds. The number of rotatable bonds is 11. The second-order valence-corrected chi connectivity index (χ2v) is 10.0. The number of aryl methyl sites for hydroxylation is 1. The van der Waals surface area contributed by atoms with Gasteiger partial charge in [-0.15, -0.1) is 28.1 Å². The SMILES string of the molecule is C=CCn1c(CC(=O)Nc2cccc(OC)c2)nnc1SCC(=O)Nc1nc(-c2ccccc2)c(C)s1. The Morgan fingerprint density at radius 3 is 2.68 bits per heavy atom. The molecular weight excluding hydrogens is 508 g/mol. The number of hydrogen-bond donors (Lipinski definition) is 2. The Labute approximate surface area is 223 Å². The lowest BCUT2D eigenvalue weighted by atomic mass is 10.1. The number of nitrogens with zero attached hydrogens (tertiary/aromatic N) is 4. The highest BCUT2D eigenvalue weighted by atomic mass is 32.2. The zero-order chi connectivity index (χ0) is 26.2. The highest BCUT2D eigenvalue weighted by molar-refractivity contribution is 7.99. The summed E-state index contributed by atoms with van der Waals surface area (Å²) in [4.78, 5) is 30.9. The molecule has 4 rings (SSSR count). The number of carbonyl (C=O) groups is 2. The molecular formula is C26H26N6O3S2. The molecule has 2 heterocycles. The Hall–Kier alpha value is -3.96. The van der Waals surface area contributed by atoms with E-state index >= 15 is 0 Å². The largest absolute Gasteiger partial charge is 0.497 e. The van der Waals surface area contributed by atoms with Crippen LogP contribution in [0.5, 0.6) is 5.75 Å². The summed E-state index contributed by atoms with van der Waals surface area (Å²) in [6.07, 6.45) is 1.71. The van der Waals surface area contributed by atoms with E-state index in [1.165, 1.54) is 23.1 Å². The smallest absolute Gasteiger partial charge is 0.236 e. The number of benzene rings is 2. The first-order valence-corrected chi connectivity index (χ1v) is 13.2. The molecule has 2 aromatic heterocycles. The van der Waals surface area contributed by atoms with E-state index < -0.39 is 0 Å². The minimum atomic E-state index is -0.242. The molecule has 0 radical (unpaired) electrons. The molecule has 9 nitrogen and oxygen atoms in total. The zero-order valence-corrected chi connectivity index (χ0v) is 22.1. The van der Waals surface area contributed by atoms with Gasteiger partial charge in [0.15, 0.2) is 10.3 Å². The topological polar surface area (TPSA) is 111 Å². The third kappa shape index (κ3) is 6.83. The number of allylic oxidation sites excluding steroid dienone is 1. The Balaban J connectivity index is 1.37. The second kappa shape index (κ2) is 12.3. The van der Waals surface area contributed by atoms with Crippen molar-refractivity contribution >= 4 is 45.7 Å². The zero-order valence-electron chi connectivity index (χ0n) is 20.4. The molecule has 0 atom stereocenters. The lowest BCUT2D eigenvalue weighted by Gasteiger charge is -2.09. The molecule has 2 N–H and O–H groups in total. The van der Waals surface area contributed by atoms with Crippen molar-refractivity contribution in [1.29, 1.82) is 0 Å². The molecule has 0 aliphatic rings. The summed E-state index contributed by atoms with van der Waals surface area (Å²) >= 11 is 2.67. The molecule has 190 valence electrons. The third-order valence-electron chi connectivity index (χ3n) is 5.20. The van der Waals surface area contributed by atoms with E-state index in [0.717, 1.165) is 16.1 Å². The van der Waals surface area contributed by atoms with Crippen molar-refractivity contribution in [3.05, 3.63) is 78.0 Å². The Morgan fingerprint density at radius 2 is 1.92 bits per heavy atom. The highest BCUT2D eigenvalue weighted by Gasteiger charge is 2.18. The van der Waals surface area contributed by atoms with E-state index in [9.17, 15) is 9.59 Å². The third-order valence-corrected chi connectivity index (χ3v) is 7.05. The number of methoxy groups -OCH3 is 1. The number of thiazole rings is 1. The molecule has 0 saturated carbocycles. The molecule has 0 spiro atoms. The Morgan fingerprint density at radius 1 is 1.11 bits per heavy atom. The standard InChI is InChI=1S/C26H26N6O3S2/c1-4-13-32-21(15-22(33)27-19-11-8-12-20(14-19)35-3)30-31-26(32)36-16-23(34)28-25-29-24(17(2)37-25)18-9-6-5-7-10-18/h4-12,14H,1,13,15-16H2,2-3H3,(H,27,33)(H,28,29,34). The van der Waals surface area contributed by atoms with Crippen LogP contribution < -0.4 is 15.4 Å². The van der Waals surface area contributed by atoms with Crippen LogP contribution in [0.15, 0.2) is 72.4 Å². The van der Waals surface area contributed by atoms with Gasteiger partial charge in [-0.1, -0.05) is 54.2 Å². The molecule has 0 fully saturated rings. The fourth-order valence-corrected chi connectivity index (χ4v) is 5.14. The van der Waals surface area contributed by atoms with Gasteiger partial charge in [-0.2, -0.15) is 0 Å². The van der Waals surface area contributed by atoms with Gasteiger partial charge in [-0.3, -0.25) is 9.59 Å². The molecule has 11 heteroatoms. The highest BCUT2D eigenvalue weighted by Crippen LogP contribution is 2.30. The van der Waals surface area contributed by atoms with Crippen molar-refractivity contribution in [2.24, 2.45) is 0 Å². The summed E-state index contributed by atoms with van der Waals surface area (Å²) in [7, 11) is 1.57. The van der Waals surface area contributed by atoms with Crippen LogP contribution in [-0.2, 0) is 22.6 Å². The van der Waals surface area contributed by atoms with Gasteiger partial charge in [-0.05, 0) is 19.1 Å². The second-order valence-electron chi connectivity index (χ2n) is 7.88. The van der Waals surface area contributed by atoms with Gasteiger partial charge in [0.05, 0.1) is 25.0 Å². The molecule has 0 saturated heterocycles. The maximum Gasteiger partial charge on any atom is 0.236 e. The van der Waals surface area contributed by atoms with Crippen LogP contribution in [0.2, 0.25) is 0 Å². The van der Waals surface area contributed by atoms with Crippen LogP contribution in [-0.4, -0.2) is 44.4 Å². The van der Waals surface area contributed by atoms with Crippen LogP contribution in [0.1, 0.15) is 10.7 Å². The van der Waals surface area contributed by atoms with Crippen LogP contribution in [0.25, 0.3) is 11.3 Å². The van der Waals surface area contributed by atoms with Gasteiger partial charge >= 0.3 is 0 Å². The molecule has 0 aliphatic heterocycles. The Kier molecular flexibility index (Phi) is 8.70. The maximum atomic E-state index is 12.6. The molecule has 2 aromatic carbocycles.